The van der Waals surface area contributed by atoms with Gasteiger partial charge < -0.3 is 10.6 Å². The molecule has 3 atom stereocenters. The highest BCUT2D eigenvalue weighted by Crippen LogP contribution is 2.29. The average molecular weight is 339 g/mol. The van der Waals surface area contributed by atoms with Gasteiger partial charge in [-0.05, 0) is 42.5 Å². The molecule has 2 N–H and O–H groups in total. The molecule has 0 spiro atoms. The van der Waals surface area contributed by atoms with Crippen molar-refractivity contribution in [1.82, 2.24) is 5.32 Å². The molecule has 1 amide bonds. The Morgan fingerprint density at radius 3 is 2.65 bits per heavy atom. The average Bonchev–Trinajstić information content (AvgIpc) is 2.43. The molecule has 0 saturated heterocycles. The summed E-state index contributed by atoms with van der Waals surface area (Å²) in [6.07, 6.45) is 3.61. The topological polar surface area (TPSA) is 41.1 Å². The number of benzene rings is 1. The number of carbonyl (C=O) groups excluding carboxylic acids is 1. The van der Waals surface area contributed by atoms with Crippen LogP contribution in [0, 0.1) is 11.8 Å². The van der Waals surface area contributed by atoms with Gasteiger partial charge in [0.1, 0.15) is 0 Å². The van der Waals surface area contributed by atoms with Gasteiger partial charge in [-0.25, -0.2) is 0 Å². The van der Waals surface area contributed by atoms with Crippen LogP contribution in [0.25, 0.3) is 0 Å². The molecular formula is C16H23BrN2O. The number of hydrogen-bond donors (Lipinski definition) is 2. The molecule has 0 heterocycles. The van der Waals surface area contributed by atoms with Crippen LogP contribution >= 0.6 is 15.9 Å². The van der Waals surface area contributed by atoms with Crippen molar-refractivity contribution in [3.63, 3.8) is 0 Å². The second kappa shape index (κ2) is 7.11. The minimum atomic E-state index is 0.0823. The van der Waals surface area contributed by atoms with Gasteiger partial charge in [-0.2, -0.15) is 0 Å². The number of anilines is 1. The molecule has 1 aromatic rings. The van der Waals surface area contributed by atoms with Crippen molar-refractivity contribution in [1.29, 1.82) is 0 Å². The largest absolute Gasteiger partial charge is 0.376 e. The van der Waals surface area contributed by atoms with E-state index in [0.29, 0.717) is 24.4 Å². The van der Waals surface area contributed by atoms with E-state index in [2.05, 4.69) is 40.4 Å². The molecule has 1 aliphatic carbocycles. The highest BCUT2D eigenvalue weighted by molar-refractivity contribution is 9.10. The zero-order chi connectivity index (χ0) is 14.5. The molecule has 3 nitrogen and oxygen atoms in total. The third kappa shape index (κ3) is 4.23. The Hall–Kier alpha value is -1.03. The number of amides is 1. The molecule has 1 aromatic carbocycles. The molecule has 1 saturated carbocycles. The lowest BCUT2D eigenvalue weighted by Gasteiger charge is -2.34. The van der Waals surface area contributed by atoms with E-state index >= 15 is 0 Å². The maximum absolute atomic E-state index is 12.0. The van der Waals surface area contributed by atoms with Crippen LogP contribution in [0.15, 0.2) is 28.7 Å². The van der Waals surface area contributed by atoms with Gasteiger partial charge in [0.2, 0.25) is 5.91 Å². The Morgan fingerprint density at radius 2 is 1.95 bits per heavy atom. The van der Waals surface area contributed by atoms with E-state index in [0.717, 1.165) is 16.6 Å². The normalized spacial score (nSPS) is 26.1. The fraction of sp³-hybridized carbons (Fsp3) is 0.562. The molecule has 1 fully saturated rings. The smallest absolute Gasteiger partial charge is 0.239 e. The monoisotopic (exact) mass is 338 g/mol. The van der Waals surface area contributed by atoms with Crippen molar-refractivity contribution in [2.45, 2.75) is 39.2 Å². The predicted octanol–water partition coefficient (Wildman–Crippen LogP) is 3.80. The Labute approximate surface area is 129 Å². The first-order chi connectivity index (χ1) is 9.56. The minimum absolute atomic E-state index is 0.0823. The standard InChI is InChI=1S/C16H23BrN2O/c1-11-4-3-5-15(12(11)2)19-16(20)10-18-14-8-6-13(17)7-9-14/h6-9,11-12,15,18H,3-5,10H2,1-2H3,(H,19,20)/t11-,12+,15+/m0/s1. The molecule has 0 aliphatic heterocycles. The highest BCUT2D eigenvalue weighted by atomic mass is 79.9. The van der Waals surface area contributed by atoms with Crippen molar-refractivity contribution in [2.24, 2.45) is 11.8 Å². The van der Waals surface area contributed by atoms with Crippen LogP contribution in [-0.2, 0) is 4.79 Å². The molecule has 20 heavy (non-hydrogen) atoms. The maximum atomic E-state index is 12.0. The van der Waals surface area contributed by atoms with Gasteiger partial charge in [0.15, 0.2) is 0 Å². The minimum Gasteiger partial charge on any atom is -0.376 e. The SMILES string of the molecule is C[C@@H]1[C@@H](C)CCC[C@H]1NC(=O)CNc1ccc(Br)cc1. The van der Waals surface area contributed by atoms with Gasteiger partial charge >= 0.3 is 0 Å². The molecule has 0 aromatic heterocycles. The van der Waals surface area contributed by atoms with Crippen molar-refractivity contribution < 1.29 is 4.79 Å². The molecule has 0 bridgehead atoms. The van der Waals surface area contributed by atoms with E-state index in [1.165, 1.54) is 12.8 Å². The summed E-state index contributed by atoms with van der Waals surface area (Å²) >= 11 is 3.40. The third-order valence-electron chi connectivity index (χ3n) is 4.35. The predicted molar refractivity (Wildman–Crippen MR) is 86.7 cm³/mol. The Kier molecular flexibility index (Phi) is 5.46. The zero-order valence-corrected chi connectivity index (χ0v) is 13.7. The fourth-order valence-electron chi connectivity index (χ4n) is 2.79. The van der Waals surface area contributed by atoms with E-state index < -0.39 is 0 Å². The highest BCUT2D eigenvalue weighted by Gasteiger charge is 2.27. The summed E-state index contributed by atoms with van der Waals surface area (Å²) in [5, 5.41) is 6.32. The summed E-state index contributed by atoms with van der Waals surface area (Å²) < 4.78 is 1.04. The molecule has 110 valence electrons. The van der Waals surface area contributed by atoms with Gasteiger partial charge in [-0.1, -0.05) is 42.6 Å². The van der Waals surface area contributed by atoms with Gasteiger partial charge in [-0.15, -0.1) is 0 Å². The second-order valence-electron chi connectivity index (χ2n) is 5.80. The van der Waals surface area contributed by atoms with Crippen LogP contribution in [0.2, 0.25) is 0 Å². The van der Waals surface area contributed by atoms with Crippen LogP contribution in [0.4, 0.5) is 5.69 Å². The Balaban J connectivity index is 1.79. The molecular weight excluding hydrogens is 316 g/mol. The third-order valence-corrected chi connectivity index (χ3v) is 4.88. The molecule has 0 unspecified atom stereocenters. The van der Waals surface area contributed by atoms with Crippen LogP contribution in [0.5, 0.6) is 0 Å². The summed E-state index contributed by atoms with van der Waals surface area (Å²) in [4.78, 5) is 12.0. The van der Waals surface area contributed by atoms with E-state index in [1.54, 1.807) is 0 Å². The number of halogens is 1. The van der Waals surface area contributed by atoms with Crippen molar-refractivity contribution in [2.75, 3.05) is 11.9 Å². The molecule has 0 radical (unpaired) electrons. The van der Waals surface area contributed by atoms with Crippen LogP contribution in [-0.4, -0.2) is 18.5 Å². The lowest BCUT2D eigenvalue weighted by molar-refractivity contribution is -0.120. The van der Waals surface area contributed by atoms with Gasteiger partial charge in [0, 0.05) is 16.2 Å². The first-order valence-electron chi connectivity index (χ1n) is 7.35. The summed E-state index contributed by atoms with van der Waals surface area (Å²) in [6, 6.07) is 8.18. The summed E-state index contributed by atoms with van der Waals surface area (Å²) in [7, 11) is 0. The van der Waals surface area contributed by atoms with E-state index in [-0.39, 0.29) is 5.91 Å². The van der Waals surface area contributed by atoms with Gasteiger partial charge in [0.25, 0.3) is 0 Å². The van der Waals surface area contributed by atoms with Crippen molar-refractivity contribution in [3.05, 3.63) is 28.7 Å². The van der Waals surface area contributed by atoms with E-state index in [1.807, 2.05) is 24.3 Å². The summed E-state index contributed by atoms with van der Waals surface area (Å²) in [6.45, 7) is 4.86. The molecule has 1 aliphatic rings. The molecule has 2 rings (SSSR count). The fourth-order valence-corrected chi connectivity index (χ4v) is 3.06. The summed E-state index contributed by atoms with van der Waals surface area (Å²) in [5.74, 6) is 1.35. The lowest BCUT2D eigenvalue weighted by Crippen LogP contribution is -2.45. The van der Waals surface area contributed by atoms with Crippen molar-refractivity contribution in [3.8, 4) is 0 Å². The maximum Gasteiger partial charge on any atom is 0.239 e. The molecule has 4 heteroatoms. The first-order valence-corrected chi connectivity index (χ1v) is 8.14. The number of rotatable bonds is 4. The zero-order valence-electron chi connectivity index (χ0n) is 12.2. The summed E-state index contributed by atoms with van der Waals surface area (Å²) in [5.41, 5.74) is 0.966. The quantitative estimate of drug-likeness (QED) is 0.876. The first kappa shape index (κ1) is 15.4. The van der Waals surface area contributed by atoms with Crippen molar-refractivity contribution >= 4 is 27.5 Å². The van der Waals surface area contributed by atoms with E-state index in [4.69, 9.17) is 0 Å². The van der Waals surface area contributed by atoms with Crippen LogP contribution in [0.1, 0.15) is 33.1 Å². The Morgan fingerprint density at radius 1 is 1.25 bits per heavy atom. The second-order valence-corrected chi connectivity index (χ2v) is 6.72. The van der Waals surface area contributed by atoms with Crippen LogP contribution in [0.3, 0.4) is 0 Å². The van der Waals surface area contributed by atoms with E-state index in [9.17, 15) is 4.79 Å². The van der Waals surface area contributed by atoms with Crippen LogP contribution < -0.4 is 10.6 Å². The number of hydrogen-bond acceptors (Lipinski definition) is 2. The lowest BCUT2D eigenvalue weighted by atomic mass is 9.78. The number of nitrogens with one attached hydrogen (secondary N) is 2. The van der Waals surface area contributed by atoms with Gasteiger partial charge in [-0.3, -0.25) is 4.79 Å². The Bertz CT molecular complexity index is 446. The number of carbonyl (C=O) groups is 1. The van der Waals surface area contributed by atoms with Gasteiger partial charge in [0.05, 0.1) is 6.54 Å².